The molecule has 2 aliphatic rings. The number of hydrogen-bond donors (Lipinski definition) is 1. The van der Waals surface area contributed by atoms with Crippen molar-refractivity contribution in [2.24, 2.45) is 5.10 Å². The van der Waals surface area contributed by atoms with Crippen LogP contribution < -0.4 is 15.2 Å². The Balaban J connectivity index is 1.79. The summed E-state index contributed by atoms with van der Waals surface area (Å²) in [6, 6.07) is 3.05. The minimum absolute atomic E-state index is 0.0509. The lowest BCUT2D eigenvalue weighted by Crippen LogP contribution is -2.40. The number of rotatable bonds is 6. The number of halogens is 7. The summed E-state index contributed by atoms with van der Waals surface area (Å²) in [5.41, 5.74) is -1.61. The zero-order valence-electron chi connectivity index (χ0n) is 21.8. The van der Waals surface area contributed by atoms with E-state index in [2.05, 4.69) is 5.10 Å². The topological polar surface area (TPSA) is 74.0 Å². The van der Waals surface area contributed by atoms with Crippen molar-refractivity contribution < 1.29 is 35.7 Å². The summed E-state index contributed by atoms with van der Waals surface area (Å²) < 4.78 is 95.4. The smallest absolute Gasteiger partial charge is 0.368 e. The predicted octanol–water partition coefficient (Wildman–Crippen LogP) is 7.37. The summed E-state index contributed by atoms with van der Waals surface area (Å²) in [6.45, 7) is 5.22. The van der Waals surface area contributed by atoms with Gasteiger partial charge in [0.1, 0.15) is 16.9 Å². The summed E-state index contributed by atoms with van der Waals surface area (Å²) in [4.78, 5) is 15.5. The van der Waals surface area contributed by atoms with Gasteiger partial charge in [-0.05, 0) is 58.4 Å². The molecule has 0 aromatic heterocycles. The lowest BCUT2D eigenvalue weighted by molar-refractivity contribution is -0.384. The number of anilines is 3. The number of alkyl halides is 3. The van der Waals surface area contributed by atoms with Gasteiger partial charge in [0.05, 0.1) is 11.1 Å². The molecule has 14 heteroatoms. The second kappa shape index (κ2) is 11.5. The van der Waals surface area contributed by atoms with Crippen LogP contribution in [-0.2, 0) is 6.18 Å². The molecule has 0 unspecified atom stereocenters. The normalized spacial score (nSPS) is 20.3. The van der Waals surface area contributed by atoms with Crippen molar-refractivity contribution in [3.05, 3.63) is 56.6 Å². The standard InChI is InChI=1S/C26H28F7N5O2/c1-14-7-3-5-9-36(14)17-12-18(37-10-6-4-8-15(37)2)19(38(39)40)11-16(17)13-34-35-25-23(29)21(27)20(26(31,32)33)22(28)24(25)30/h11-15,35H,3-10H2,1-2H3/b34-13-/t14-,15-/m0/s1. The van der Waals surface area contributed by atoms with E-state index in [1.165, 1.54) is 6.07 Å². The van der Waals surface area contributed by atoms with Gasteiger partial charge in [-0.3, -0.25) is 15.5 Å². The van der Waals surface area contributed by atoms with Crippen LogP contribution in [0.25, 0.3) is 0 Å². The molecule has 2 fully saturated rings. The number of hydrogen-bond acceptors (Lipinski definition) is 6. The van der Waals surface area contributed by atoms with Crippen LogP contribution in [0.3, 0.4) is 0 Å². The van der Waals surface area contributed by atoms with Gasteiger partial charge in [0.15, 0.2) is 23.3 Å². The van der Waals surface area contributed by atoms with Crippen LogP contribution in [0.15, 0.2) is 17.2 Å². The minimum Gasteiger partial charge on any atom is -0.368 e. The summed E-state index contributed by atoms with van der Waals surface area (Å²) in [5, 5.41) is 15.7. The largest absolute Gasteiger partial charge is 0.422 e. The highest BCUT2D eigenvalue weighted by molar-refractivity contribution is 5.92. The Morgan fingerprint density at radius 2 is 1.43 bits per heavy atom. The highest BCUT2D eigenvalue weighted by Crippen LogP contribution is 2.41. The number of piperidine rings is 2. The zero-order valence-corrected chi connectivity index (χ0v) is 21.8. The average Bonchev–Trinajstić information content (AvgIpc) is 2.89. The number of nitrogens with zero attached hydrogens (tertiary/aromatic N) is 4. The third-order valence-corrected chi connectivity index (χ3v) is 7.47. The zero-order chi connectivity index (χ0) is 29.4. The summed E-state index contributed by atoms with van der Waals surface area (Å²) in [5.74, 6) is -9.87. The van der Waals surface area contributed by atoms with Crippen LogP contribution in [0, 0.1) is 33.4 Å². The molecule has 4 rings (SSSR count). The predicted molar refractivity (Wildman–Crippen MR) is 137 cm³/mol. The minimum atomic E-state index is -5.68. The maximum Gasteiger partial charge on any atom is 0.422 e. The molecule has 40 heavy (non-hydrogen) atoms. The third-order valence-electron chi connectivity index (χ3n) is 7.47. The van der Waals surface area contributed by atoms with E-state index in [0.717, 1.165) is 44.7 Å². The fraction of sp³-hybridized carbons (Fsp3) is 0.500. The number of nitrogens with one attached hydrogen (secondary N) is 1. The van der Waals surface area contributed by atoms with Crippen molar-refractivity contribution in [2.45, 2.75) is 70.6 Å². The first-order chi connectivity index (χ1) is 18.8. The van der Waals surface area contributed by atoms with Gasteiger partial charge >= 0.3 is 6.18 Å². The van der Waals surface area contributed by atoms with E-state index in [1.54, 1.807) is 11.5 Å². The molecular formula is C26H28F7N5O2. The van der Waals surface area contributed by atoms with Gasteiger partial charge in [0.2, 0.25) is 0 Å². The van der Waals surface area contributed by atoms with Crippen molar-refractivity contribution >= 4 is 29.0 Å². The highest BCUT2D eigenvalue weighted by atomic mass is 19.4. The number of hydrazone groups is 1. The lowest BCUT2D eigenvalue weighted by Gasteiger charge is -2.39. The first-order valence-electron chi connectivity index (χ1n) is 12.9. The van der Waals surface area contributed by atoms with Gasteiger partial charge in [-0.2, -0.15) is 18.3 Å². The fourth-order valence-electron chi connectivity index (χ4n) is 5.37. The highest BCUT2D eigenvalue weighted by Gasteiger charge is 2.42. The Labute approximate surface area is 225 Å². The molecule has 2 atom stereocenters. The van der Waals surface area contributed by atoms with Gasteiger partial charge in [-0.1, -0.05) is 0 Å². The van der Waals surface area contributed by atoms with E-state index >= 15 is 0 Å². The molecule has 218 valence electrons. The third kappa shape index (κ3) is 5.66. The van der Waals surface area contributed by atoms with Crippen LogP contribution >= 0.6 is 0 Å². The number of benzene rings is 2. The van der Waals surface area contributed by atoms with Gasteiger partial charge < -0.3 is 9.80 Å². The molecule has 2 aromatic carbocycles. The molecular weight excluding hydrogens is 547 g/mol. The van der Waals surface area contributed by atoms with Crippen LogP contribution in [0.4, 0.5) is 53.5 Å². The van der Waals surface area contributed by atoms with Crippen LogP contribution in [-0.4, -0.2) is 36.3 Å². The summed E-state index contributed by atoms with van der Waals surface area (Å²) >= 11 is 0. The van der Waals surface area contributed by atoms with E-state index in [1.807, 2.05) is 23.6 Å². The van der Waals surface area contributed by atoms with Gasteiger partial charge in [0, 0.05) is 42.5 Å². The molecule has 1 N–H and O–H groups in total. The van der Waals surface area contributed by atoms with Crippen LogP contribution in [0.2, 0.25) is 0 Å². The van der Waals surface area contributed by atoms with Gasteiger partial charge in [-0.25, -0.2) is 17.6 Å². The quantitative estimate of drug-likeness (QED) is 0.128. The molecule has 0 spiro atoms. The Hall–Kier alpha value is -3.58. The SMILES string of the molecule is C[C@H]1CCCCN1c1cc(N2CCCC[C@@H]2C)c([N+](=O)[O-])cc1/C=N\Nc1c(F)c(F)c(C(F)(F)F)c(F)c1F. The summed E-state index contributed by atoms with van der Waals surface area (Å²) in [6.07, 6.45) is 0.710. The Bertz CT molecular complexity index is 1290. The van der Waals surface area contributed by atoms with Crippen molar-refractivity contribution in [1.29, 1.82) is 0 Å². The first-order valence-corrected chi connectivity index (χ1v) is 12.9. The molecule has 0 saturated carbocycles. The molecule has 0 bridgehead atoms. The molecule has 0 radical (unpaired) electrons. The molecule has 2 aliphatic heterocycles. The van der Waals surface area contributed by atoms with Gasteiger partial charge in [-0.15, -0.1) is 0 Å². The molecule has 2 saturated heterocycles. The first kappa shape index (κ1) is 29.4. The molecule has 2 heterocycles. The van der Waals surface area contributed by atoms with E-state index < -0.39 is 45.6 Å². The van der Waals surface area contributed by atoms with Crippen LogP contribution in [0.5, 0.6) is 0 Å². The number of nitro benzene ring substituents is 1. The van der Waals surface area contributed by atoms with E-state index in [-0.39, 0.29) is 23.3 Å². The van der Waals surface area contributed by atoms with E-state index in [9.17, 15) is 40.8 Å². The average molecular weight is 576 g/mol. The maximum atomic E-state index is 14.3. The van der Waals surface area contributed by atoms with Crippen molar-refractivity contribution in [2.75, 3.05) is 28.3 Å². The summed E-state index contributed by atoms with van der Waals surface area (Å²) in [7, 11) is 0. The fourth-order valence-corrected chi connectivity index (χ4v) is 5.37. The maximum absolute atomic E-state index is 14.3. The number of nitro groups is 1. The molecule has 7 nitrogen and oxygen atoms in total. The monoisotopic (exact) mass is 575 g/mol. The van der Waals surface area contributed by atoms with E-state index in [0.29, 0.717) is 24.5 Å². The lowest BCUT2D eigenvalue weighted by atomic mass is 9.98. The Morgan fingerprint density at radius 1 is 0.900 bits per heavy atom. The van der Waals surface area contributed by atoms with Gasteiger partial charge in [0.25, 0.3) is 5.69 Å². The van der Waals surface area contributed by atoms with Crippen LogP contribution in [0.1, 0.15) is 63.5 Å². The van der Waals surface area contributed by atoms with Crippen molar-refractivity contribution in [3.63, 3.8) is 0 Å². The molecule has 2 aromatic rings. The second-order valence-electron chi connectivity index (χ2n) is 10.1. The second-order valence-corrected chi connectivity index (χ2v) is 10.1. The van der Waals surface area contributed by atoms with E-state index in [4.69, 9.17) is 0 Å². The Morgan fingerprint density at radius 3 is 1.90 bits per heavy atom. The Kier molecular flexibility index (Phi) is 8.45. The molecule has 0 amide bonds. The van der Waals surface area contributed by atoms with Crippen molar-refractivity contribution in [1.82, 2.24) is 0 Å². The van der Waals surface area contributed by atoms with Crippen molar-refractivity contribution in [3.8, 4) is 0 Å². The molecule has 0 aliphatic carbocycles.